The van der Waals surface area contributed by atoms with Crippen LogP contribution in [0.25, 0.3) is 0 Å². The van der Waals surface area contributed by atoms with E-state index in [1.807, 2.05) is 26.2 Å². The van der Waals surface area contributed by atoms with Crippen LogP contribution >= 0.6 is 34.5 Å². The molecule has 0 amide bonds. The molecule has 0 saturated carbocycles. The van der Waals surface area contributed by atoms with Crippen molar-refractivity contribution < 1.29 is 4.39 Å². The molecule has 0 radical (unpaired) electrons. The van der Waals surface area contributed by atoms with Crippen molar-refractivity contribution in [3.05, 3.63) is 55.5 Å². The summed E-state index contributed by atoms with van der Waals surface area (Å²) in [5.74, 6) is -0.230. The van der Waals surface area contributed by atoms with Gasteiger partial charge in [-0.05, 0) is 60.5 Å². The fraction of sp³-hybridized carbons (Fsp3) is 0.286. The Labute approximate surface area is 120 Å². The Kier molecular flexibility index (Phi) is 4.00. The largest absolute Gasteiger partial charge is 0.207 e. The van der Waals surface area contributed by atoms with Crippen LogP contribution in [0.5, 0.6) is 0 Å². The summed E-state index contributed by atoms with van der Waals surface area (Å²) in [5.41, 5.74) is 3.69. The monoisotopic (exact) mass is 302 g/mol. The van der Waals surface area contributed by atoms with Crippen LogP contribution in [0.2, 0.25) is 5.02 Å². The van der Waals surface area contributed by atoms with Gasteiger partial charge in [0.1, 0.15) is 5.82 Å². The number of hydrogen-bond acceptors (Lipinski definition) is 1. The molecule has 18 heavy (non-hydrogen) atoms. The van der Waals surface area contributed by atoms with Crippen molar-refractivity contribution >= 4 is 34.5 Å². The van der Waals surface area contributed by atoms with Crippen molar-refractivity contribution in [1.82, 2.24) is 0 Å². The van der Waals surface area contributed by atoms with Crippen LogP contribution in [0.4, 0.5) is 4.39 Å². The van der Waals surface area contributed by atoms with Crippen LogP contribution in [-0.2, 0) is 0 Å². The van der Waals surface area contributed by atoms with Crippen molar-refractivity contribution in [3.8, 4) is 0 Å². The van der Waals surface area contributed by atoms with E-state index in [1.165, 1.54) is 12.1 Å². The highest BCUT2D eigenvalue weighted by Gasteiger charge is 2.21. The number of alkyl halides is 1. The molecule has 0 bridgehead atoms. The Morgan fingerprint density at radius 3 is 2.11 bits per heavy atom. The van der Waals surface area contributed by atoms with Gasteiger partial charge in [-0.1, -0.05) is 11.6 Å². The average Bonchev–Trinajstić information content (AvgIpc) is 2.58. The lowest BCUT2D eigenvalue weighted by Gasteiger charge is -2.15. The molecule has 1 aromatic carbocycles. The number of halogens is 3. The number of aryl methyl sites for hydroxylation is 3. The lowest BCUT2D eigenvalue weighted by Crippen LogP contribution is -1.99. The molecule has 0 nitrogen and oxygen atoms in total. The molecular formula is C14H13Cl2FS. The van der Waals surface area contributed by atoms with Gasteiger partial charge in [0.25, 0.3) is 0 Å². The molecule has 0 spiro atoms. The minimum Gasteiger partial charge on any atom is -0.207 e. The van der Waals surface area contributed by atoms with E-state index in [0.717, 1.165) is 27.1 Å². The first-order chi connectivity index (χ1) is 8.41. The second-order valence-corrected chi connectivity index (χ2v) is 6.14. The first kappa shape index (κ1) is 13.9. The van der Waals surface area contributed by atoms with Gasteiger partial charge in [-0.2, -0.15) is 0 Å². The Balaban J connectivity index is 2.53. The Hall–Kier alpha value is -0.570. The zero-order valence-corrected chi connectivity index (χ0v) is 12.7. The average molecular weight is 303 g/mol. The normalized spacial score (nSPS) is 12.8. The SMILES string of the molecule is Cc1csc(C(Cl)c2c(C)cc(F)cc2C)c1Cl. The maximum atomic E-state index is 13.3. The molecule has 1 heterocycles. The van der Waals surface area contributed by atoms with Crippen molar-refractivity contribution in [3.63, 3.8) is 0 Å². The minimum absolute atomic E-state index is 0.230. The summed E-state index contributed by atoms with van der Waals surface area (Å²) in [6.07, 6.45) is 0. The Morgan fingerprint density at radius 2 is 1.67 bits per heavy atom. The third-order valence-corrected chi connectivity index (χ3v) is 5.31. The van der Waals surface area contributed by atoms with Crippen LogP contribution in [0.3, 0.4) is 0 Å². The van der Waals surface area contributed by atoms with E-state index < -0.39 is 0 Å². The van der Waals surface area contributed by atoms with E-state index in [2.05, 4.69) is 0 Å². The predicted octanol–water partition coefficient (Wildman–Crippen LogP) is 5.79. The molecule has 2 rings (SSSR count). The highest BCUT2D eigenvalue weighted by molar-refractivity contribution is 7.11. The van der Waals surface area contributed by atoms with Gasteiger partial charge in [-0.3, -0.25) is 0 Å². The zero-order valence-electron chi connectivity index (χ0n) is 10.4. The third-order valence-electron chi connectivity index (χ3n) is 2.97. The van der Waals surface area contributed by atoms with E-state index >= 15 is 0 Å². The zero-order chi connectivity index (χ0) is 13.4. The van der Waals surface area contributed by atoms with Gasteiger partial charge in [0, 0.05) is 4.88 Å². The van der Waals surface area contributed by atoms with Gasteiger partial charge in [0.05, 0.1) is 10.4 Å². The number of thiophene rings is 1. The molecule has 4 heteroatoms. The molecule has 0 saturated heterocycles. The standard InChI is InChI=1S/C14H13Cl2FS/c1-7-4-10(17)5-8(2)11(7)13(16)14-12(15)9(3)6-18-14/h4-6,13H,1-3H3. The van der Waals surface area contributed by atoms with Crippen LogP contribution < -0.4 is 0 Å². The molecule has 0 fully saturated rings. The van der Waals surface area contributed by atoms with E-state index in [0.29, 0.717) is 5.02 Å². The quantitative estimate of drug-likeness (QED) is 0.616. The lowest BCUT2D eigenvalue weighted by atomic mass is 9.98. The summed E-state index contributed by atoms with van der Waals surface area (Å²) >= 11 is 14.3. The number of hydrogen-bond donors (Lipinski definition) is 0. The first-order valence-electron chi connectivity index (χ1n) is 5.56. The van der Waals surface area contributed by atoms with Crippen LogP contribution in [0.15, 0.2) is 17.5 Å². The highest BCUT2D eigenvalue weighted by atomic mass is 35.5. The van der Waals surface area contributed by atoms with Gasteiger partial charge in [0.15, 0.2) is 0 Å². The van der Waals surface area contributed by atoms with Crippen molar-refractivity contribution in [2.75, 3.05) is 0 Å². The summed E-state index contributed by atoms with van der Waals surface area (Å²) in [6.45, 7) is 5.70. The van der Waals surface area contributed by atoms with Crippen LogP contribution in [0.1, 0.15) is 32.5 Å². The molecule has 0 N–H and O–H groups in total. The maximum absolute atomic E-state index is 13.3. The topological polar surface area (TPSA) is 0 Å². The number of rotatable bonds is 2. The molecule has 0 aliphatic heterocycles. The summed E-state index contributed by atoms with van der Waals surface area (Å²) < 4.78 is 13.3. The Bertz CT molecular complexity index is 566. The maximum Gasteiger partial charge on any atom is 0.123 e. The smallest absolute Gasteiger partial charge is 0.123 e. The second-order valence-electron chi connectivity index (χ2n) is 4.41. The summed E-state index contributed by atoms with van der Waals surface area (Å²) in [4.78, 5) is 0.925. The van der Waals surface area contributed by atoms with E-state index in [4.69, 9.17) is 23.2 Å². The second kappa shape index (κ2) is 5.20. The molecule has 0 aliphatic rings. The highest BCUT2D eigenvalue weighted by Crippen LogP contribution is 2.41. The molecule has 1 atom stereocenters. The van der Waals surface area contributed by atoms with Gasteiger partial charge in [-0.25, -0.2) is 4.39 Å². The first-order valence-corrected chi connectivity index (χ1v) is 7.25. The fourth-order valence-electron chi connectivity index (χ4n) is 2.07. The van der Waals surface area contributed by atoms with Gasteiger partial charge >= 0.3 is 0 Å². The molecule has 2 aromatic rings. The van der Waals surface area contributed by atoms with Gasteiger partial charge < -0.3 is 0 Å². The van der Waals surface area contributed by atoms with Gasteiger partial charge in [0.2, 0.25) is 0 Å². The van der Waals surface area contributed by atoms with E-state index in [9.17, 15) is 4.39 Å². The van der Waals surface area contributed by atoms with Crippen molar-refractivity contribution in [2.24, 2.45) is 0 Å². The van der Waals surface area contributed by atoms with Crippen LogP contribution in [-0.4, -0.2) is 0 Å². The fourth-order valence-corrected chi connectivity index (χ4v) is 4.02. The van der Waals surface area contributed by atoms with Crippen molar-refractivity contribution in [2.45, 2.75) is 26.1 Å². The summed E-state index contributed by atoms with van der Waals surface area (Å²) in [5, 5.41) is 2.38. The number of benzene rings is 1. The van der Waals surface area contributed by atoms with Gasteiger partial charge in [-0.15, -0.1) is 22.9 Å². The molecule has 0 aliphatic carbocycles. The lowest BCUT2D eigenvalue weighted by molar-refractivity contribution is 0.624. The van der Waals surface area contributed by atoms with Crippen molar-refractivity contribution in [1.29, 1.82) is 0 Å². The molecule has 1 unspecified atom stereocenters. The molecular weight excluding hydrogens is 290 g/mol. The summed E-state index contributed by atoms with van der Waals surface area (Å²) in [6, 6.07) is 3.01. The Morgan fingerprint density at radius 1 is 1.11 bits per heavy atom. The van der Waals surface area contributed by atoms with E-state index in [1.54, 1.807) is 11.3 Å². The van der Waals surface area contributed by atoms with Crippen LogP contribution in [0, 0.1) is 26.6 Å². The minimum atomic E-state index is -0.322. The molecule has 96 valence electrons. The third kappa shape index (κ3) is 2.42. The molecule has 1 aromatic heterocycles. The van der Waals surface area contributed by atoms with E-state index in [-0.39, 0.29) is 11.2 Å². The summed E-state index contributed by atoms with van der Waals surface area (Å²) in [7, 11) is 0. The predicted molar refractivity (Wildman–Crippen MR) is 77.6 cm³/mol.